The Hall–Kier alpha value is -1.42. The van der Waals surface area contributed by atoms with E-state index in [4.69, 9.17) is 0 Å². The molecular weight excluding hydrogens is 280 g/mol. The summed E-state index contributed by atoms with van der Waals surface area (Å²) in [6, 6.07) is 9.89. The van der Waals surface area contributed by atoms with Gasteiger partial charge in [0.1, 0.15) is 0 Å². The largest absolute Gasteiger partial charge is 0.294 e. The smallest absolute Gasteiger partial charge is 0.166 e. The van der Waals surface area contributed by atoms with E-state index < -0.39 is 0 Å². The molecule has 0 saturated heterocycles. The number of para-hydroxylation sites is 1. The first-order valence-corrected chi connectivity index (χ1v) is 6.49. The minimum Gasteiger partial charge on any atom is -0.294 e. The summed E-state index contributed by atoms with van der Waals surface area (Å²) in [5.74, 6) is 0.192. The molecule has 17 heavy (non-hydrogen) atoms. The summed E-state index contributed by atoms with van der Waals surface area (Å²) in [7, 11) is 0. The third kappa shape index (κ3) is 1.72. The topological polar surface area (TPSA) is 34.9 Å². The van der Waals surface area contributed by atoms with Crippen molar-refractivity contribution in [3.05, 3.63) is 47.8 Å². The number of benzene rings is 1. The number of alkyl halides is 1. The Bertz CT molecular complexity index is 562. The average molecular weight is 291 g/mol. The molecule has 1 atom stereocenters. The van der Waals surface area contributed by atoms with Gasteiger partial charge in [0.05, 0.1) is 28.0 Å². The van der Waals surface area contributed by atoms with E-state index in [9.17, 15) is 4.79 Å². The molecule has 1 aliphatic rings. The number of rotatable bonds is 1. The fourth-order valence-corrected chi connectivity index (χ4v) is 2.85. The second kappa shape index (κ2) is 4.11. The van der Waals surface area contributed by atoms with Crippen LogP contribution in [-0.4, -0.2) is 15.6 Å². The van der Waals surface area contributed by atoms with Crippen LogP contribution in [-0.2, 0) is 0 Å². The molecule has 0 spiro atoms. The summed E-state index contributed by atoms with van der Waals surface area (Å²) >= 11 is 3.63. The molecule has 0 saturated carbocycles. The first-order valence-electron chi connectivity index (χ1n) is 5.58. The summed E-state index contributed by atoms with van der Waals surface area (Å²) in [6.07, 6.45) is 3.12. The molecule has 1 unspecified atom stereocenters. The quantitative estimate of drug-likeness (QED) is 0.756. The monoisotopic (exact) mass is 290 g/mol. The minimum absolute atomic E-state index is 0.192. The van der Waals surface area contributed by atoms with E-state index in [2.05, 4.69) is 21.0 Å². The highest BCUT2D eigenvalue weighted by Crippen LogP contribution is 2.36. The Balaban J connectivity index is 2.17. The number of Topliss-reactive ketones (excluding diaryl/α,β-unsaturated/α-hetero) is 1. The van der Waals surface area contributed by atoms with Crippen LogP contribution in [0.1, 0.15) is 33.7 Å². The summed E-state index contributed by atoms with van der Waals surface area (Å²) in [5, 5.41) is 4.33. The van der Waals surface area contributed by atoms with Gasteiger partial charge in [-0.05, 0) is 18.6 Å². The maximum Gasteiger partial charge on any atom is 0.166 e. The molecule has 1 heterocycles. The molecule has 2 aromatic rings. The fraction of sp³-hybridized carbons (Fsp3) is 0.231. The number of halogens is 1. The molecule has 1 aromatic heterocycles. The van der Waals surface area contributed by atoms with Crippen LogP contribution in [0.15, 0.2) is 36.5 Å². The van der Waals surface area contributed by atoms with Gasteiger partial charge in [-0.2, -0.15) is 5.10 Å². The number of carbonyl (C=O) groups is 1. The van der Waals surface area contributed by atoms with Crippen molar-refractivity contribution in [2.75, 3.05) is 0 Å². The number of aromatic nitrogens is 2. The predicted octanol–water partition coefficient (Wildman–Crippen LogP) is 3.28. The SMILES string of the molecule is O=C1CCC(Br)c2c1cnn2-c1ccccc1. The first kappa shape index (κ1) is 10.7. The Morgan fingerprint density at radius 1 is 1.29 bits per heavy atom. The van der Waals surface area contributed by atoms with Crippen molar-refractivity contribution < 1.29 is 4.79 Å². The van der Waals surface area contributed by atoms with Crippen LogP contribution in [0.25, 0.3) is 5.69 Å². The molecule has 0 bridgehead atoms. The van der Waals surface area contributed by atoms with E-state index in [0.717, 1.165) is 23.4 Å². The molecule has 1 aliphatic carbocycles. The van der Waals surface area contributed by atoms with Crippen LogP contribution in [0.5, 0.6) is 0 Å². The summed E-state index contributed by atoms with van der Waals surface area (Å²) in [6.45, 7) is 0. The van der Waals surface area contributed by atoms with Gasteiger partial charge in [0.25, 0.3) is 0 Å². The fourth-order valence-electron chi connectivity index (χ4n) is 2.18. The molecule has 1 aromatic carbocycles. The number of fused-ring (bicyclic) bond motifs is 1. The van der Waals surface area contributed by atoms with Gasteiger partial charge in [0.2, 0.25) is 0 Å². The predicted molar refractivity (Wildman–Crippen MR) is 68.8 cm³/mol. The molecule has 3 rings (SSSR count). The molecule has 3 nitrogen and oxygen atoms in total. The lowest BCUT2D eigenvalue weighted by molar-refractivity contribution is 0.0972. The minimum atomic E-state index is 0.192. The lowest BCUT2D eigenvalue weighted by atomic mass is 9.96. The van der Waals surface area contributed by atoms with Gasteiger partial charge in [0.15, 0.2) is 5.78 Å². The standard InChI is InChI=1S/C13H11BrN2O/c14-11-6-7-12(17)10-8-15-16(13(10)11)9-4-2-1-3-5-9/h1-5,8,11H,6-7H2. The zero-order valence-electron chi connectivity index (χ0n) is 9.14. The lowest BCUT2D eigenvalue weighted by Gasteiger charge is -2.18. The van der Waals surface area contributed by atoms with Crippen LogP contribution >= 0.6 is 15.9 Å². The van der Waals surface area contributed by atoms with Gasteiger partial charge in [-0.25, -0.2) is 4.68 Å². The van der Waals surface area contributed by atoms with E-state index in [1.165, 1.54) is 0 Å². The van der Waals surface area contributed by atoms with Crippen LogP contribution in [0.2, 0.25) is 0 Å². The summed E-state index contributed by atoms with van der Waals surface area (Å²) in [4.78, 5) is 12.0. The summed E-state index contributed by atoms with van der Waals surface area (Å²) in [5.41, 5.74) is 2.72. The van der Waals surface area contributed by atoms with E-state index in [-0.39, 0.29) is 10.6 Å². The van der Waals surface area contributed by atoms with E-state index in [1.807, 2.05) is 35.0 Å². The van der Waals surface area contributed by atoms with Crippen molar-refractivity contribution >= 4 is 21.7 Å². The normalized spacial score (nSPS) is 19.1. The van der Waals surface area contributed by atoms with Crippen LogP contribution in [0.3, 0.4) is 0 Å². The highest BCUT2D eigenvalue weighted by Gasteiger charge is 2.28. The van der Waals surface area contributed by atoms with Crippen molar-refractivity contribution in [3.8, 4) is 5.69 Å². The molecule has 0 fully saturated rings. The number of hydrogen-bond donors (Lipinski definition) is 0. The van der Waals surface area contributed by atoms with Crippen LogP contribution < -0.4 is 0 Å². The van der Waals surface area contributed by atoms with Crippen LogP contribution in [0.4, 0.5) is 0 Å². The molecule has 4 heteroatoms. The first-order chi connectivity index (χ1) is 8.27. The average Bonchev–Trinajstić information content (AvgIpc) is 2.81. The Morgan fingerprint density at radius 2 is 2.06 bits per heavy atom. The van der Waals surface area contributed by atoms with Gasteiger partial charge in [-0.15, -0.1) is 0 Å². The zero-order chi connectivity index (χ0) is 11.8. The molecule has 86 valence electrons. The number of hydrogen-bond acceptors (Lipinski definition) is 2. The molecule has 0 radical (unpaired) electrons. The van der Waals surface area contributed by atoms with E-state index in [1.54, 1.807) is 6.20 Å². The molecule has 0 amide bonds. The Kier molecular flexibility index (Phi) is 2.59. The van der Waals surface area contributed by atoms with Gasteiger partial charge in [-0.3, -0.25) is 4.79 Å². The summed E-state index contributed by atoms with van der Waals surface area (Å²) < 4.78 is 1.85. The lowest BCUT2D eigenvalue weighted by Crippen LogP contribution is -2.14. The highest BCUT2D eigenvalue weighted by molar-refractivity contribution is 9.09. The third-order valence-corrected chi connectivity index (χ3v) is 3.92. The number of carbonyl (C=O) groups excluding carboxylic acids is 1. The Labute approximate surface area is 108 Å². The van der Waals surface area contributed by atoms with Gasteiger partial charge >= 0.3 is 0 Å². The second-order valence-corrected chi connectivity index (χ2v) is 5.23. The molecule has 0 aliphatic heterocycles. The zero-order valence-corrected chi connectivity index (χ0v) is 10.7. The third-order valence-electron chi connectivity index (χ3n) is 3.03. The van der Waals surface area contributed by atoms with E-state index in [0.29, 0.717) is 6.42 Å². The molecule has 0 N–H and O–H groups in total. The molecular formula is C13H11BrN2O. The van der Waals surface area contributed by atoms with Crippen molar-refractivity contribution in [2.24, 2.45) is 0 Å². The number of nitrogens with zero attached hydrogens (tertiary/aromatic N) is 2. The van der Waals surface area contributed by atoms with Crippen molar-refractivity contribution in [1.82, 2.24) is 9.78 Å². The second-order valence-electron chi connectivity index (χ2n) is 4.12. The van der Waals surface area contributed by atoms with Crippen LogP contribution in [0, 0.1) is 0 Å². The van der Waals surface area contributed by atoms with E-state index >= 15 is 0 Å². The highest BCUT2D eigenvalue weighted by atomic mass is 79.9. The van der Waals surface area contributed by atoms with Gasteiger partial charge < -0.3 is 0 Å². The van der Waals surface area contributed by atoms with Gasteiger partial charge in [-0.1, -0.05) is 34.1 Å². The Morgan fingerprint density at radius 3 is 2.82 bits per heavy atom. The number of ketones is 1. The van der Waals surface area contributed by atoms with Crippen molar-refractivity contribution in [1.29, 1.82) is 0 Å². The van der Waals surface area contributed by atoms with Crippen molar-refractivity contribution in [2.45, 2.75) is 17.7 Å². The van der Waals surface area contributed by atoms with Gasteiger partial charge in [0, 0.05) is 6.42 Å². The maximum atomic E-state index is 11.8. The maximum absolute atomic E-state index is 11.8. The van der Waals surface area contributed by atoms with Crippen molar-refractivity contribution in [3.63, 3.8) is 0 Å².